The Morgan fingerprint density at radius 1 is 1.11 bits per heavy atom. The average Bonchev–Trinajstić information content (AvgIpc) is 3.31. The molecule has 1 aromatic heterocycles. The first-order chi connectivity index (χ1) is 13.3. The van der Waals surface area contributed by atoms with Gasteiger partial charge in [-0.25, -0.2) is 4.98 Å². The molecule has 1 aliphatic rings. The van der Waals surface area contributed by atoms with Gasteiger partial charge in [0.2, 0.25) is 5.91 Å². The highest BCUT2D eigenvalue weighted by molar-refractivity contribution is 6.33. The van der Waals surface area contributed by atoms with Crippen LogP contribution in [0.1, 0.15) is 18.4 Å². The van der Waals surface area contributed by atoms with Crippen molar-refractivity contribution in [1.82, 2.24) is 14.5 Å². The van der Waals surface area contributed by atoms with Crippen LogP contribution in [0.2, 0.25) is 5.02 Å². The van der Waals surface area contributed by atoms with Crippen molar-refractivity contribution in [3.05, 3.63) is 53.3 Å². The lowest BCUT2D eigenvalue weighted by Crippen LogP contribution is -2.30. The summed E-state index contributed by atoms with van der Waals surface area (Å²) in [5, 5.41) is 0.0217. The number of amides is 1. The Morgan fingerprint density at radius 2 is 1.86 bits per heavy atom. The first kappa shape index (κ1) is 18.8. The number of carbonyl (C=O) groups excluding carboxylic acids is 1. The van der Waals surface area contributed by atoms with E-state index < -0.39 is 11.7 Å². The van der Waals surface area contributed by atoms with E-state index in [4.69, 9.17) is 11.6 Å². The molecule has 0 atom stereocenters. The molecule has 0 aliphatic carbocycles. The summed E-state index contributed by atoms with van der Waals surface area (Å²) < 4.78 is 40.4. The molecule has 2 aromatic carbocycles. The maximum absolute atomic E-state index is 12.9. The van der Waals surface area contributed by atoms with Crippen molar-refractivity contribution < 1.29 is 18.0 Å². The standard InChI is InChI=1S/C20H17ClF3N3O/c21-16-10-14(20(22,23)24)4-5-15(16)13-3-6-17-18(9-13)27(12-25-17)11-19(28)26-7-1-2-8-26/h3-6,9-10,12H,1-2,7-8,11H2. The van der Waals surface area contributed by atoms with E-state index in [9.17, 15) is 18.0 Å². The summed E-state index contributed by atoms with van der Waals surface area (Å²) in [5.41, 5.74) is 1.82. The zero-order chi connectivity index (χ0) is 19.9. The second-order valence-corrected chi connectivity index (χ2v) is 7.26. The lowest BCUT2D eigenvalue weighted by Gasteiger charge is -2.16. The summed E-state index contributed by atoms with van der Waals surface area (Å²) in [6, 6.07) is 8.64. The molecule has 4 rings (SSSR count). The van der Waals surface area contributed by atoms with Crippen molar-refractivity contribution in [3.8, 4) is 11.1 Å². The molecular formula is C20H17ClF3N3O. The van der Waals surface area contributed by atoms with Gasteiger partial charge in [-0.1, -0.05) is 23.7 Å². The zero-order valence-corrected chi connectivity index (χ0v) is 15.6. The second kappa shape index (κ2) is 7.13. The van der Waals surface area contributed by atoms with E-state index >= 15 is 0 Å². The number of hydrogen-bond acceptors (Lipinski definition) is 2. The topological polar surface area (TPSA) is 38.1 Å². The average molecular weight is 408 g/mol. The SMILES string of the molecule is O=C(Cn1cnc2ccc(-c3ccc(C(F)(F)F)cc3Cl)cc21)N1CCCC1. The number of rotatable bonds is 3. The Bertz CT molecular complexity index is 1040. The molecule has 1 aliphatic heterocycles. The van der Waals surface area contributed by atoms with Gasteiger partial charge in [0.1, 0.15) is 6.54 Å². The van der Waals surface area contributed by atoms with Crippen molar-refractivity contribution in [2.75, 3.05) is 13.1 Å². The summed E-state index contributed by atoms with van der Waals surface area (Å²) in [5.74, 6) is 0.0368. The van der Waals surface area contributed by atoms with Crippen LogP contribution < -0.4 is 0 Å². The number of fused-ring (bicyclic) bond motifs is 1. The molecule has 1 fully saturated rings. The number of aromatic nitrogens is 2. The highest BCUT2D eigenvalue weighted by Gasteiger charge is 2.31. The van der Waals surface area contributed by atoms with Gasteiger partial charge >= 0.3 is 6.18 Å². The lowest BCUT2D eigenvalue weighted by atomic mass is 10.0. The summed E-state index contributed by atoms with van der Waals surface area (Å²) in [4.78, 5) is 18.6. The summed E-state index contributed by atoms with van der Waals surface area (Å²) in [6.45, 7) is 1.73. The van der Waals surface area contributed by atoms with Gasteiger partial charge in [-0.2, -0.15) is 13.2 Å². The van der Waals surface area contributed by atoms with Crippen molar-refractivity contribution in [2.45, 2.75) is 25.6 Å². The molecule has 1 amide bonds. The maximum atomic E-state index is 12.9. The number of alkyl halides is 3. The van der Waals surface area contributed by atoms with Crippen molar-refractivity contribution in [1.29, 1.82) is 0 Å². The van der Waals surface area contributed by atoms with Crippen LogP contribution in [-0.4, -0.2) is 33.4 Å². The smallest absolute Gasteiger partial charge is 0.341 e. The van der Waals surface area contributed by atoms with Crippen LogP contribution in [0.25, 0.3) is 22.2 Å². The number of halogens is 4. The largest absolute Gasteiger partial charge is 0.416 e. The van der Waals surface area contributed by atoms with E-state index in [-0.39, 0.29) is 17.5 Å². The second-order valence-electron chi connectivity index (χ2n) is 6.86. The molecule has 0 bridgehead atoms. The van der Waals surface area contributed by atoms with E-state index in [1.807, 2.05) is 4.90 Å². The Hall–Kier alpha value is -2.54. The van der Waals surface area contributed by atoms with Gasteiger partial charge in [-0.15, -0.1) is 0 Å². The molecule has 28 heavy (non-hydrogen) atoms. The van der Waals surface area contributed by atoms with E-state index in [0.717, 1.165) is 43.6 Å². The number of benzene rings is 2. The number of imidazole rings is 1. The third kappa shape index (κ3) is 3.58. The van der Waals surface area contributed by atoms with Gasteiger partial charge in [0.05, 0.1) is 22.9 Å². The Labute approximate surface area is 164 Å². The van der Waals surface area contributed by atoms with Gasteiger partial charge in [-0.05, 0) is 42.7 Å². The quantitative estimate of drug-likeness (QED) is 0.613. The third-order valence-electron chi connectivity index (χ3n) is 4.99. The van der Waals surface area contributed by atoms with Crippen molar-refractivity contribution in [2.24, 2.45) is 0 Å². The fourth-order valence-corrected chi connectivity index (χ4v) is 3.78. The predicted molar refractivity (Wildman–Crippen MR) is 101 cm³/mol. The van der Waals surface area contributed by atoms with Crippen LogP contribution in [0.5, 0.6) is 0 Å². The molecule has 0 N–H and O–H groups in total. The van der Waals surface area contributed by atoms with Gasteiger partial charge < -0.3 is 9.47 Å². The van der Waals surface area contributed by atoms with Crippen molar-refractivity contribution >= 4 is 28.5 Å². The van der Waals surface area contributed by atoms with Crippen LogP contribution in [0.3, 0.4) is 0 Å². The highest BCUT2D eigenvalue weighted by Crippen LogP contribution is 2.36. The molecule has 0 unspecified atom stereocenters. The first-order valence-corrected chi connectivity index (χ1v) is 9.30. The normalized spacial score (nSPS) is 14.8. The Morgan fingerprint density at radius 3 is 2.54 bits per heavy atom. The van der Waals surface area contributed by atoms with Crippen LogP contribution in [0.4, 0.5) is 13.2 Å². The lowest BCUT2D eigenvalue weighted by molar-refractivity contribution is -0.137. The minimum absolute atomic E-state index is 0.0217. The van der Waals surface area contributed by atoms with E-state index in [0.29, 0.717) is 16.6 Å². The fourth-order valence-electron chi connectivity index (χ4n) is 3.49. The predicted octanol–water partition coefficient (Wildman–Crippen LogP) is 5.00. The minimum Gasteiger partial charge on any atom is -0.341 e. The molecule has 0 spiro atoms. The zero-order valence-electron chi connectivity index (χ0n) is 14.8. The molecule has 8 heteroatoms. The third-order valence-corrected chi connectivity index (χ3v) is 5.31. The Balaban J connectivity index is 1.67. The van der Waals surface area contributed by atoms with Crippen molar-refractivity contribution in [3.63, 3.8) is 0 Å². The van der Waals surface area contributed by atoms with Gasteiger partial charge in [0.15, 0.2) is 0 Å². The fraction of sp³-hybridized carbons (Fsp3) is 0.300. The monoisotopic (exact) mass is 407 g/mol. The van der Waals surface area contributed by atoms with E-state index in [2.05, 4.69) is 4.98 Å². The molecule has 0 saturated carbocycles. The van der Waals surface area contributed by atoms with Crippen LogP contribution in [0, 0.1) is 0 Å². The number of hydrogen-bond donors (Lipinski definition) is 0. The summed E-state index contributed by atoms with van der Waals surface area (Å²) >= 11 is 6.12. The van der Waals surface area contributed by atoms with Crippen LogP contribution in [-0.2, 0) is 17.5 Å². The summed E-state index contributed by atoms with van der Waals surface area (Å²) in [6.07, 6.45) is -0.794. The summed E-state index contributed by atoms with van der Waals surface area (Å²) in [7, 11) is 0. The van der Waals surface area contributed by atoms with E-state index in [1.54, 1.807) is 29.1 Å². The number of likely N-dealkylation sites (tertiary alicyclic amines) is 1. The van der Waals surface area contributed by atoms with E-state index in [1.165, 1.54) is 6.07 Å². The van der Waals surface area contributed by atoms with Crippen LogP contribution >= 0.6 is 11.6 Å². The molecule has 3 aromatic rings. The number of nitrogens with zero attached hydrogens (tertiary/aromatic N) is 3. The van der Waals surface area contributed by atoms with Gasteiger partial charge in [-0.3, -0.25) is 4.79 Å². The molecule has 4 nitrogen and oxygen atoms in total. The highest BCUT2D eigenvalue weighted by atomic mass is 35.5. The molecule has 2 heterocycles. The minimum atomic E-state index is -4.44. The molecule has 0 radical (unpaired) electrons. The first-order valence-electron chi connectivity index (χ1n) is 8.93. The van der Waals surface area contributed by atoms with Gasteiger partial charge in [0, 0.05) is 23.7 Å². The maximum Gasteiger partial charge on any atom is 0.416 e. The molecular weight excluding hydrogens is 391 g/mol. The number of carbonyl (C=O) groups is 1. The Kier molecular flexibility index (Phi) is 4.79. The van der Waals surface area contributed by atoms with Gasteiger partial charge in [0.25, 0.3) is 0 Å². The van der Waals surface area contributed by atoms with Crippen LogP contribution in [0.15, 0.2) is 42.7 Å². The molecule has 1 saturated heterocycles. The molecule has 146 valence electrons.